The number of rotatable bonds is 4. The van der Waals surface area contributed by atoms with Gasteiger partial charge in [0.05, 0.1) is 33.4 Å². The lowest BCUT2D eigenvalue weighted by molar-refractivity contribution is 0.999. The Balaban J connectivity index is 1.69. The zero-order chi connectivity index (χ0) is 22.4. The molecule has 2 aromatic heterocycles. The van der Waals surface area contributed by atoms with E-state index in [0.717, 1.165) is 43.9 Å². The summed E-state index contributed by atoms with van der Waals surface area (Å²) in [4.78, 5) is 15.6. The van der Waals surface area contributed by atoms with Crippen LogP contribution in [0.4, 0.5) is 17.6 Å². The number of para-hydroxylation sites is 5. The Morgan fingerprint density at radius 1 is 0.788 bits per heavy atom. The lowest BCUT2D eigenvalue weighted by Gasteiger charge is -2.23. The summed E-state index contributed by atoms with van der Waals surface area (Å²) >= 11 is 3.64. The molecular formula is C27H20BrN5. The highest BCUT2D eigenvalue weighted by atomic mass is 79.9. The minimum Gasteiger partial charge on any atom is -0.323 e. The highest BCUT2D eigenvalue weighted by Gasteiger charge is 2.24. The van der Waals surface area contributed by atoms with Gasteiger partial charge in [-0.2, -0.15) is 0 Å². The SMILES string of the molecule is Cc1ccccc1-n1c(N(c2cccc(Br)c2)c2nc3ccccc3[nH]2)nc2ccccc21. The van der Waals surface area contributed by atoms with Crippen molar-refractivity contribution in [2.45, 2.75) is 6.92 Å². The third-order valence-electron chi connectivity index (χ3n) is 5.75. The quantitative estimate of drug-likeness (QED) is 0.277. The summed E-state index contributed by atoms with van der Waals surface area (Å²) in [6, 6.07) is 32.8. The summed E-state index contributed by atoms with van der Waals surface area (Å²) in [7, 11) is 0. The molecule has 0 unspecified atom stereocenters. The van der Waals surface area contributed by atoms with E-state index in [1.54, 1.807) is 0 Å². The highest BCUT2D eigenvalue weighted by molar-refractivity contribution is 9.10. The molecule has 0 saturated heterocycles. The second kappa shape index (κ2) is 7.90. The number of halogens is 1. The van der Waals surface area contributed by atoms with Gasteiger partial charge in [-0.1, -0.05) is 64.5 Å². The number of benzene rings is 4. The molecular weight excluding hydrogens is 474 g/mol. The summed E-state index contributed by atoms with van der Waals surface area (Å²) in [5, 5.41) is 0. The van der Waals surface area contributed by atoms with Crippen molar-refractivity contribution in [1.29, 1.82) is 0 Å². The van der Waals surface area contributed by atoms with Crippen LogP contribution >= 0.6 is 15.9 Å². The summed E-state index contributed by atoms with van der Waals surface area (Å²) < 4.78 is 3.19. The number of hydrogen-bond donors (Lipinski definition) is 1. The van der Waals surface area contributed by atoms with Gasteiger partial charge in [0.25, 0.3) is 0 Å². The fourth-order valence-electron chi connectivity index (χ4n) is 4.21. The summed E-state index contributed by atoms with van der Waals surface area (Å²) in [6.45, 7) is 2.12. The fraction of sp³-hybridized carbons (Fsp3) is 0.0370. The van der Waals surface area contributed by atoms with Crippen molar-refractivity contribution in [2.24, 2.45) is 0 Å². The predicted octanol–water partition coefficient (Wildman–Crippen LogP) is 7.44. The van der Waals surface area contributed by atoms with Gasteiger partial charge in [-0.15, -0.1) is 0 Å². The van der Waals surface area contributed by atoms with Gasteiger partial charge in [0.1, 0.15) is 0 Å². The molecule has 160 valence electrons. The van der Waals surface area contributed by atoms with Crippen molar-refractivity contribution in [2.75, 3.05) is 4.90 Å². The summed E-state index contributed by atoms with van der Waals surface area (Å²) in [6.07, 6.45) is 0. The molecule has 0 spiro atoms. The van der Waals surface area contributed by atoms with Crippen molar-refractivity contribution in [3.05, 3.63) is 107 Å². The maximum absolute atomic E-state index is 5.10. The van der Waals surface area contributed by atoms with E-state index in [0.29, 0.717) is 5.95 Å². The van der Waals surface area contributed by atoms with Crippen molar-refractivity contribution < 1.29 is 0 Å². The Hall–Kier alpha value is -3.90. The molecule has 1 N–H and O–H groups in total. The number of nitrogens with one attached hydrogen (secondary N) is 1. The lowest BCUT2D eigenvalue weighted by Crippen LogP contribution is -2.17. The molecule has 2 heterocycles. The topological polar surface area (TPSA) is 49.7 Å². The van der Waals surface area contributed by atoms with Crippen LogP contribution in [-0.2, 0) is 0 Å². The zero-order valence-corrected chi connectivity index (χ0v) is 19.5. The zero-order valence-electron chi connectivity index (χ0n) is 17.9. The normalized spacial score (nSPS) is 11.3. The number of H-pyrrole nitrogens is 1. The van der Waals surface area contributed by atoms with Gasteiger partial charge < -0.3 is 4.98 Å². The van der Waals surface area contributed by atoms with E-state index in [4.69, 9.17) is 9.97 Å². The molecule has 0 atom stereocenters. The third kappa shape index (κ3) is 3.39. The monoisotopic (exact) mass is 493 g/mol. The van der Waals surface area contributed by atoms with Crippen LogP contribution < -0.4 is 4.90 Å². The number of imidazole rings is 2. The van der Waals surface area contributed by atoms with Gasteiger partial charge in [0.2, 0.25) is 11.9 Å². The number of aromatic nitrogens is 4. The molecule has 0 bridgehead atoms. The Kier molecular flexibility index (Phi) is 4.73. The maximum Gasteiger partial charge on any atom is 0.222 e. The van der Waals surface area contributed by atoms with Crippen LogP contribution in [0.2, 0.25) is 0 Å². The van der Waals surface area contributed by atoms with E-state index in [1.165, 1.54) is 5.56 Å². The van der Waals surface area contributed by atoms with E-state index < -0.39 is 0 Å². The largest absolute Gasteiger partial charge is 0.323 e. The summed E-state index contributed by atoms with van der Waals surface area (Å²) in [5.74, 6) is 1.47. The first-order valence-corrected chi connectivity index (χ1v) is 11.5. The minimum absolute atomic E-state index is 0.708. The number of anilines is 3. The molecule has 4 aromatic carbocycles. The molecule has 0 fully saturated rings. The van der Waals surface area contributed by atoms with E-state index in [-0.39, 0.29) is 0 Å². The number of nitrogens with zero attached hydrogens (tertiary/aromatic N) is 4. The second-order valence-corrected chi connectivity index (χ2v) is 8.83. The Labute approximate surface area is 199 Å². The van der Waals surface area contributed by atoms with Gasteiger partial charge in [-0.05, 0) is 61.0 Å². The van der Waals surface area contributed by atoms with Crippen molar-refractivity contribution in [1.82, 2.24) is 19.5 Å². The molecule has 0 amide bonds. The van der Waals surface area contributed by atoms with E-state index >= 15 is 0 Å². The predicted molar refractivity (Wildman–Crippen MR) is 138 cm³/mol. The number of fused-ring (bicyclic) bond motifs is 2. The Morgan fingerprint density at radius 2 is 1.55 bits per heavy atom. The highest BCUT2D eigenvalue weighted by Crippen LogP contribution is 2.38. The third-order valence-corrected chi connectivity index (χ3v) is 6.25. The first kappa shape index (κ1) is 19.8. The first-order valence-electron chi connectivity index (χ1n) is 10.7. The van der Waals surface area contributed by atoms with E-state index in [9.17, 15) is 0 Å². The van der Waals surface area contributed by atoms with Gasteiger partial charge >= 0.3 is 0 Å². The average Bonchev–Trinajstić information content (AvgIpc) is 3.41. The van der Waals surface area contributed by atoms with Crippen molar-refractivity contribution in [3.63, 3.8) is 0 Å². The van der Waals surface area contributed by atoms with Crippen LogP contribution in [0.1, 0.15) is 5.56 Å². The number of aryl methyl sites for hydroxylation is 1. The van der Waals surface area contributed by atoms with Crippen LogP contribution in [0, 0.1) is 6.92 Å². The minimum atomic E-state index is 0.708. The van der Waals surface area contributed by atoms with Crippen LogP contribution in [-0.4, -0.2) is 19.5 Å². The fourth-order valence-corrected chi connectivity index (χ4v) is 4.60. The lowest BCUT2D eigenvalue weighted by atomic mass is 10.2. The van der Waals surface area contributed by atoms with E-state index in [1.807, 2.05) is 54.6 Å². The molecule has 6 heteroatoms. The molecule has 33 heavy (non-hydrogen) atoms. The van der Waals surface area contributed by atoms with Gasteiger partial charge in [0.15, 0.2) is 0 Å². The maximum atomic E-state index is 5.10. The molecule has 0 aliphatic rings. The molecule has 0 aliphatic carbocycles. The van der Waals surface area contributed by atoms with Crippen molar-refractivity contribution >= 4 is 55.6 Å². The Morgan fingerprint density at radius 3 is 2.36 bits per heavy atom. The molecule has 0 aliphatic heterocycles. The number of aromatic amines is 1. The smallest absolute Gasteiger partial charge is 0.222 e. The first-order chi connectivity index (χ1) is 16.2. The van der Waals surface area contributed by atoms with Crippen LogP contribution in [0.15, 0.2) is 102 Å². The average molecular weight is 494 g/mol. The second-order valence-electron chi connectivity index (χ2n) is 7.92. The van der Waals surface area contributed by atoms with E-state index in [2.05, 4.69) is 79.8 Å². The van der Waals surface area contributed by atoms with Crippen LogP contribution in [0.25, 0.3) is 27.8 Å². The van der Waals surface area contributed by atoms with Gasteiger partial charge in [-0.25, -0.2) is 14.9 Å². The molecule has 6 rings (SSSR count). The summed E-state index contributed by atoms with van der Waals surface area (Å²) in [5.41, 5.74) is 7.05. The van der Waals surface area contributed by atoms with Gasteiger partial charge in [-0.3, -0.25) is 4.57 Å². The molecule has 5 nitrogen and oxygen atoms in total. The van der Waals surface area contributed by atoms with Crippen LogP contribution in [0.5, 0.6) is 0 Å². The molecule has 0 saturated carbocycles. The number of hydrogen-bond acceptors (Lipinski definition) is 3. The van der Waals surface area contributed by atoms with Gasteiger partial charge in [0, 0.05) is 4.47 Å². The Bertz CT molecular complexity index is 1580. The molecule has 0 radical (unpaired) electrons. The standard InChI is InChI=1S/C27H20BrN5/c1-18-9-2-6-15-24(18)33-25-16-7-5-14-23(25)31-27(33)32(20-11-8-10-19(28)17-20)26-29-21-12-3-4-13-22(21)30-26/h2-17H,1H3,(H,29,30). The molecule has 6 aromatic rings. The van der Waals surface area contributed by atoms with Crippen LogP contribution in [0.3, 0.4) is 0 Å². The van der Waals surface area contributed by atoms with Crippen molar-refractivity contribution in [3.8, 4) is 5.69 Å².